The first-order chi connectivity index (χ1) is 14.6. The summed E-state index contributed by atoms with van der Waals surface area (Å²) in [5, 5.41) is 13.6. The highest BCUT2D eigenvalue weighted by atomic mass is 35.5. The van der Waals surface area contributed by atoms with Crippen LogP contribution in [-0.2, 0) is 4.74 Å². The second kappa shape index (κ2) is 8.46. The van der Waals surface area contributed by atoms with Gasteiger partial charge in [-0.25, -0.2) is 4.39 Å². The van der Waals surface area contributed by atoms with Crippen molar-refractivity contribution in [2.45, 2.75) is 50.0 Å². The third-order valence-electron chi connectivity index (χ3n) is 6.85. The van der Waals surface area contributed by atoms with E-state index in [1.807, 2.05) is 24.3 Å². The predicted molar refractivity (Wildman–Crippen MR) is 116 cm³/mol. The van der Waals surface area contributed by atoms with Gasteiger partial charge in [0, 0.05) is 36.1 Å². The molecule has 0 bridgehead atoms. The summed E-state index contributed by atoms with van der Waals surface area (Å²) in [4.78, 5) is 2.38. The van der Waals surface area contributed by atoms with Crippen molar-refractivity contribution in [1.29, 1.82) is 0 Å². The number of benzene rings is 2. The molecule has 0 radical (unpaired) electrons. The van der Waals surface area contributed by atoms with Crippen LogP contribution in [0.4, 0.5) is 10.1 Å². The third-order valence-corrected chi connectivity index (χ3v) is 7.07. The molecule has 2 N–H and O–H groups in total. The number of anilines is 1. The Morgan fingerprint density at radius 3 is 2.63 bits per heavy atom. The Morgan fingerprint density at radius 2 is 1.87 bits per heavy atom. The number of fused-ring (bicyclic) bond motifs is 3. The van der Waals surface area contributed by atoms with Crippen LogP contribution >= 0.6 is 11.6 Å². The molecule has 0 saturated carbocycles. The van der Waals surface area contributed by atoms with Gasteiger partial charge in [-0.3, -0.25) is 0 Å². The number of nitrogens with one attached hydrogen (secondary N) is 1. The van der Waals surface area contributed by atoms with Gasteiger partial charge in [-0.1, -0.05) is 41.9 Å². The average molecular weight is 431 g/mol. The van der Waals surface area contributed by atoms with E-state index in [-0.39, 0.29) is 36.1 Å². The van der Waals surface area contributed by atoms with Crippen molar-refractivity contribution in [2.24, 2.45) is 5.92 Å². The quantitative estimate of drug-likeness (QED) is 0.724. The largest absolute Gasteiger partial charge is 0.393 e. The van der Waals surface area contributed by atoms with Gasteiger partial charge in [0.25, 0.3) is 0 Å². The number of hydrogen-bond donors (Lipinski definition) is 2. The van der Waals surface area contributed by atoms with E-state index in [0.29, 0.717) is 10.7 Å². The van der Waals surface area contributed by atoms with Crippen molar-refractivity contribution >= 4 is 17.3 Å². The predicted octanol–water partition coefficient (Wildman–Crippen LogP) is 4.94. The second-order valence-corrected chi connectivity index (χ2v) is 9.27. The summed E-state index contributed by atoms with van der Waals surface area (Å²) in [6.45, 7) is 2.67. The Labute approximate surface area is 182 Å². The lowest BCUT2D eigenvalue weighted by Gasteiger charge is -2.46. The number of piperidine rings is 1. The van der Waals surface area contributed by atoms with Crippen LogP contribution in [0.3, 0.4) is 0 Å². The van der Waals surface area contributed by atoms with Gasteiger partial charge in [0.2, 0.25) is 0 Å². The van der Waals surface area contributed by atoms with E-state index < -0.39 is 0 Å². The number of ether oxygens (including phenoxy) is 1. The summed E-state index contributed by atoms with van der Waals surface area (Å²) < 4.78 is 21.5. The maximum Gasteiger partial charge on any atom is 0.148 e. The third kappa shape index (κ3) is 3.96. The summed E-state index contributed by atoms with van der Waals surface area (Å²) >= 11 is 6.22. The number of halogens is 2. The smallest absolute Gasteiger partial charge is 0.148 e. The molecule has 2 aromatic rings. The summed E-state index contributed by atoms with van der Waals surface area (Å²) in [5.41, 5.74) is 2.49. The molecular formula is C24H28ClFN2O2. The highest BCUT2D eigenvalue weighted by Crippen LogP contribution is 2.51. The molecule has 3 aliphatic heterocycles. The minimum Gasteiger partial charge on any atom is -0.393 e. The van der Waals surface area contributed by atoms with Crippen molar-refractivity contribution < 1.29 is 14.2 Å². The zero-order valence-corrected chi connectivity index (χ0v) is 17.7. The van der Waals surface area contributed by atoms with Gasteiger partial charge < -0.3 is 20.1 Å². The molecule has 30 heavy (non-hydrogen) atoms. The van der Waals surface area contributed by atoms with E-state index in [0.717, 1.165) is 56.4 Å². The zero-order chi connectivity index (χ0) is 20.7. The Hall–Kier alpha value is -1.66. The number of aliphatic hydroxyl groups excluding tert-OH is 1. The van der Waals surface area contributed by atoms with Crippen LogP contribution in [-0.4, -0.2) is 41.8 Å². The Bertz CT molecular complexity index is 888. The van der Waals surface area contributed by atoms with Crippen molar-refractivity contribution in [1.82, 2.24) is 4.90 Å². The first-order valence-electron chi connectivity index (χ1n) is 10.9. The van der Waals surface area contributed by atoms with Gasteiger partial charge in [-0.15, -0.1) is 0 Å². The highest BCUT2D eigenvalue weighted by molar-refractivity contribution is 6.30. The molecule has 2 saturated heterocycles. The molecule has 4 atom stereocenters. The Morgan fingerprint density at radius 1 is 1.10 bits per heavy atom. The zero-order valence-electron chi connectivity index (χ0n) is 16.9. The van der Waals surface area contributed by atoms with E-state index in [2.05, 4.69) is 22.3 Å². The molecule has 5 rings (SSSR count). The summed E-state index contributed by atoms with van der Waals surface area (Å²) in [7, 11) is 0. The van der Waals surface area contributed by atoms with E-state index in [9.17, 15) is 9.50 Å². The maximum absolute atomic E-state index is 14.9. The molecule has 3 heterocycles. The summed E-state index contributed by atoms with van der Waals surface area (Å²) in [6, 6.07) is 13.5. The lowest BCUT2D eigenvalue weighted by atomic mass is 9.76. The SMILES string of the molecule is OC1CCN(C[C@H]2CC[C@@H]3[C@H](O2)c2cc(Cl)cc(F)c2N[C@H]3c2ccccc2)CC1. The Kier molecular flexibility index (Phi) is 5.71. The first kappa shape index (κ1) is 20.3. The van der Waals surface area contributed by atoms with Crippen molar-refractivity contribution in [3.8, 4) is 0 Å². The number of likely N-dealkylation sites (tertiary alicyclic amines) is 1. The topological polar surface area (TPSA) is 44.7 Å². The van der Waals surface area contributed by atoms with Gasteiger partial charge >= 0.3 is 0 Å². The molecular weight excluding hydrogens is 403 g/mol. The second-order valence-electron chi connectivity index (χ2n) is 8.84. The van der Waals surface area contributed by atoms with Crippen molar-refractivity contribution in [2.75, 3.05) is 25.0 Å². The van der Waals surface area contributed by atoms with E-state index in [1.165, 1.54) is 6.07 Å². The summed E-state index contributed by atoms with van der Waals surface area (Å²) in [6.07, 6.45) is 3.37. The van der Waals surface area contributed by atoms with Crippen LogP contribution < -0.4 is 5.32 Å². The fraction of sp³-hybridized carbons (Fsp3) is 0.500. The number of hydrogen-bond acceptors (Lipinski definition) is 4. The highest BCUT2D eigenvalue weighted by Gasteiger charge is 2.43. The number of rotatable bonds is 3. The van der Waals surface area contributed by atoms with E-state index in [1.54, 1.807) is 0 Å². The standard InChI is InChI=1S/C24H28ClFN2O2/c25-16-12-20-23(21(26)13-16)27-22(15-4-2-1-3-5-15)19-7-6-18(30-24(19)20)14-28-10-8-17(29)9-11-28/h1-5,12-13,17-19,22,24,27,29H,6-11,14H2/t18-,19+,22+,24+/m1/s1. The fourth-order valence-electron chi connectivity index (χ4n) is 5.30. The normalized spacial score (nSPS) is 29.7. The van der Waals surface area contributed by atoms with Crippen LogP contribution in [0.2, 0.25) is 5.02 Å². The fourth-order valence-corrected chi connectivity index (χ4v) is 5.51. The van der Waals surface area contributed by atoms with Crippen LogP contribution in [0.5, 0.6) is 0 Å². The van der Waals surface area contributed by atoms with Crippen LogP contribution in [0.1, 0.15) is 49.0 Å². The van der Waals surface area contributed by atoms with Crippen molar-refractivity contribution in [3.63, 3.8) is 0 Å². The van der Waals surface area contributed by atoms with Gasteiger partial charge in [-0.05, 0) is 43.4 Å². The molecule has 2 fully saturated rings. The molecule has 3 aliphatic rings. The molecule has 0 spiro atoms. The monoisotopic (exact) mass is 430 g/mol. The minimum atomic E-state index is -0.326. The van der Waals surface area contributed by atoms with Gasteiger partial charge in [0.05, 0.1) is 30.0 Å². The van der Waals surface area contributed by atoms with Crippen LogP contribution in [0, 0.1) is 11.7 Å². The summed E-state index contributed by atoms with van der Waals surface area (Å²) in [5.74, 6) is -0.107. The lowest BCUT2D eigenvalue weighted by molar-refractivity contribution is -0.106. The van der Waals surface area contributed by atoms with Gasteiger partial charge in [0.1, 0.15) is 5.82 Å². The number of aliphatic hydroxyl groups is 1. The molecule has 160 valence electrons. The van der Waals surface area contributed by atoms with E-state index in [4.69, 9.17) is 16.3 Å². The lowest BCUT2D eigenvalue weighted by Crippen LogP contribution is -2.45. The Balaban J connectivity index is 1.42. The number of nitrogens with zero attached hydrogens (tertiary/aromatic N) is 1. The van der Waals surface area contributed by atoms with E-state index >= 15 is 0 Å². The molecule has 2 aromatic carbocycles. The minimum absolute atomic E-state index is 0.00505. The van der Waals surface area contributed by atoms with Crippen LogP contribution in [0.15, 0.2) is 42.5 Å². The molecule has 0 amide bonds. The molecule has 6 heteroatoms. The maximum atomic E-state index is 14.9. The van der Waals surface area contributed by atoms with Crippen molar-refractivity contribution in [3.05, 3.63) is 64.4 Å². The van der Waals surface area contributed by atoms with Gasteiger partial charge in [0.15, 0.2) is 0 Å². The van der Waals surface area contributed by atoms with Gasteiger partial charge in [-0.2, -0.15) is 0 Å². The molecule has 0 aliphatic carbocycles. The first-order valence-corrected chi connectivity index (χ1v) is 11.3. The molecule has 0 unspecified atom stereocenters. The molecule has 0 aromatic heterocycles. The van der Waals surface area contributed by atoms with Crippen LogP contribution in [0.25, 0.3) is 0 Å². The molecule has 4 nitrogen and oxygen atoms in total. The average Bonchev–Trinajstić information content (AvgIpc) is 2.75.